The molecular weight excluding hydrogens is 328 g/mol. The predicted octanol–water partition coefficient (Wildman–Crippen LogP) is 2.04. The monoisotopic (exact) mass is 350 g/mol. The molecule has 0 aliphatic heterocycles. The number of hydrogen-bond donors (Lipinski definition) is 1. The van der Waals surface area contributed by atoms with Crippen molar-refractivity contribution in [1.82, 2.24) is 15.1 Å². The van der Waals surface area contributed by atoms with Gasteiger partial charge in [-0.3, -0.25) is 14.3 Å². The fourth-order valence-electron chi connectivity index (χ4n) is 2.79. The first-order chi connectivity index (χ1) is 12.6. The first kappa shape index (κ1) is 17.7. The second-order valence-corrected chi connectivity index (χ2v) is 6.28. The Labute approximate surface area is 152 Å². The topological polar surface area (TPSA) is 67.2 Å². The number of carbonyl (C=O) groups is 1. The Kier molecular flexibility index (Phi) is 5.31. The Balaban J connectivity index is 1.63. The molecule has 2 aromatic carbocycles. The van der Waals surface area contributed by atoms with Crippen LogP contribution in [-0.2, 0) is 11.3 Å². The van der Waals surface area contributed by atoms with Gasteiger partial charge in [0.25, 0.3) is 0 Å². The van der Waals surface area contributed by atoms with Crippen LogP contribution < -0.4 is 15.6 Å². The highest BCUT2D eigenvalue weighted by Crippen LogP contribution is 2.13. The lowest BCUT2D eigenvalue weighted by Crippen LogP contribution is -2.41. The maximum Gasteiger partial charge on any atom is 0.241 e. The molecule has 1 amide bonds. The molecule has 1 heterocycles. The number of nitrogens with zero attached hydrogens (tertiary/aromatic N) is 3. The van der Waals surface area contributed by atoms with Gasteiger partial charge in [0.1, 0.15) is 6.54 Å². The van der Waals surface area contributed by atoms with Crippen molar-refractivity contribution in [2.24, 2.45) is 0 Å². The quantitative estimate of drug-likeness (QED) is 0.739. The van der Waals surface area contributed by atoms with Crippen LogP contribution in [0.1, 0.15) is 6.92 Å². The zero-order valence-electron chi connectivity index (χ0n) is 14.9. The first-order valence-electron chi connectivity index (χ1n) is 8.55. The van der Waals surface area contributed by atoms with Crippen molar-refractivity contribution < 1.29 is 4.79 Å². The molecule has 1 N–H and O–H groups in total. The molecule has 0 aliphatic carbocycles. The molecule has 0 saturated heterocycles. The molecule has 1 aromatic heterocycles. The van der Waals surface area contributed by atoms with Crippen molar-refractivity contribution in [1.29, 1.82) is 0 Å². The van der Waals surface area contributed by atoms with E-state index in [1.54, 1.807) is 22.9 Å². The smallest absolute Gasteiger partial charge is 0.241 e. The van der Waals surface area contributed by atoms with E-state index in [9.17, 15) is 9.59 Å². The van der Waals surface area contributed by atoms with Crippen molar-refractivity contribution in [2.45, 2.75) is 19.5 Å². The molecule has 6 heteroatoms. The van der Waals surface area contributed by atoms with Crippen LogP contribution in [0.15, 0.2) is 65.6 Å². The van der Waals surface area contributed by atoms with Gasteiger partial charge in [0, 0.05) is 30.7 Å². The molecule has 3 rings (SSSR count). The van der Waals surface area contributed by atoms with E-state index in [1.807, 2.05) is 43.4 Å². The van der Waals surface area contributed by atoms with Gasteiger partial charge in [0.2, 0.25) is 11.3 Å². The van der Waals surface area contributed by atoms with Gasteiger partial charge in [-0.1, -0.05) is 30.3 Å². The lowest BCUT2D eigenvalue weighted by molar-refractivity contribution is -0.121. The van der Waals surface area contributed by atoms with E-state index >= 15 is 0 Å². The van der Waals surface area contributed by atoms with Crippen molar-refractivity contribution >= 4 is 22.5 Å². The summed E-state index contributed by atoms with van der Waals surface area (Å²) in [5.41, 5.74) is 1.61. The fourth-order valence-corrected chi connectivity index (χ4v) is 2.79. The highest BCUT2D eigenvalue weighted by molar-refractivity contribution is 5.81. The summed E-state index contributed by atoms with van der Waals surface area (Å²) in [6.45, 7) is 2.64. The van der Waals surface area contributed by atoms with E-state index in [-0.39, 0.29) is 23.9 Å². The second-order valence-electron chi connectivity index (χ2n) is 6.28. The molecule has 0 bridgehead atoms. The van der Waals surface area contributed by atoms with Gasteiger partial charge in [-0.05, 0) is 31.2 Å². The molecule has 1 atom stereocenters. The minimum Gasteiger partial charge on any atom is -0.370 e. The third-order valence-electron chi connectivity index (χ3n) is 4.47. The van der Waals surface area contributed by atoms with E-state index in [4.69, 9.17) is 0 Å². The molecule has 0 fully saturated rings. The molecule has 3 aromatic rings. The van der Waals surface area contributed by atoms with Crippen LogP contribution in [0, 0.1) is 0 Å². The van der Waals surface area contributed by atoms with Crippen molar-refractivity contribution in [3.63, 3.8) is 0 Å². The van der Waals surface area contributed by atoms with Gasteiger partial charge < -0.3 is 10.2 Å². The summed E-state index contributed by atoms with van der Waals surface area (Å²) in [4.78, 5) is 26.3. The lowest BCUT2D eigenvalue weighted by Gasteiger charge is -2.27. The third-order valence-corrected chi connectivity index (χ3v) is 4.47. The Morgan fingerprint density at radius 2 is 1.85 bits per heavy atom. The SMILES string of the molecule is CC(CNC(=O)Cn1ncc(=O)c2ccccc21)N(C)c1ccccc1. The van der Waals surface area contributed by atoms with Crippen LogP contribution in [-0.4, -0.2) is 35.3 Å². The molecule has 0 spiro atoms. The summed E-state index contributed by atoms with van der Waals surface area (Å²) in [7, 11) is 2.00. The Morgan fingerprint density at radius 3 is 2.62 bits per heavy atom. The number of carbonyl (C=O) groups excluding carboxylic acids is 1. The summed E-state index contributed by atoms with van der Waals surface area (Å²) in [6.07, 6.45) is 1.25. The van der Waals surface area contributed by atoms with Crippen molar-refractivity contribution in [3.8, 4) is 0 Å². The summed E-state index contributed by atoms with van der Waals surface area (Å²) in [5.74, 6) is -0.139. The van der Waals surface area contributed by atoms with Crippen LogP contribution >= 0.6 is 0 Å². The number of aromatic nitrogens is 2. The van der Waals surface area contributed by atoms with Crippen molar-refractivity contribution in [2.75, 3.05) is 18.5 Å². The van der Waals surface area contributed by atoms with Crippen LogP contribution in [0.3, 0.4) is 0 Å². The van der Waals surface area contributed by atoms with Gasteiger partial charge in [-0.15, -0.1) is 0 Å². The summed E-state index contributed by atoms with van der Waals surface area (Å²) in [5, 5.41) is 7.59. The minimum atomic E-state index is -0.143. The third kappa shape index (κ3) is 3.91. The number of anilines is 1. The number of benzene rings is 2. The molecule has 6 nitrogen and oxygen atoms in total. The van der Waals surface area contributed by atoms with Crippen LogP contribution in [0.25, 0.3) is 10.9 Å². The maximum atomic E-state index is 12.3. The number of hydrogen-bond acceptors (Lipinski definition) is 4. The number of fused-ring (bicyclic) bond motifs is 1. The normalized spacial score (nSPS) is 11.9. The lowest BCUT2D eigenvalue weighted by atomic mass is 10.2. The largest absolute Gasteiger partial charge is 0.370 e. The van der Waals surface area contributed by atoms with Crippen LogP contribution in [0.4, 0.5) is 5.69 Å². The number of likely N-dealkylation sites (N-methyl/N-ethyl adjacent to an activating group) is 1. The molecular formula is C20H22N4O2. The van der Waals surface area contributed by atoms with Crippen molar-refractivity contribution in [3.05, 3.63) is 71.0 Å². The standard InChI is InChI=1S/C20H22N4O2/c1-15(23(2)16-8-4-3-5-9-16)12-21-20(26)14-24-18-11-7-6-10-17(18)19(25)13-22-24/h3-11,13,15H,12,14H2,1-2H3,(H,21,26). The van der Waals surface area contributed by atoms with Crippen LogP contribution in [0.5, 0.6) is 0 Å². The Morgan fingerprint density at radius 1 is 1.15 bits per heavy atom. The van der Waals surface area contributed by atoms with E-state index in [1.165, 1.54) is 6.20 Å². The average Bonchev–Trinajstić information content (AvgIpc) is 2.68. The van der Waals surface area contributed by atoms with Gasteiger partial charge in [0.15, 0.2) is 0 Å². The van der Waals surface area contributed by atoms with Gasteiger partial charge >= 0.3 is 0 Å². The van der Waals surface area contributed by atoms with E-state index < -0.39 is 0 Å². The molecule has 0 radical (unpaired) electrons. The molecule has 1 unspecified atom stereocenters. The van der Waals surface area contributed by atoms with Gasteiger partial charge in [-0.2, -0.15) is 5.10 Å². The molecule has 134 valence electrons. The zero-order valence-corrected chi connectivity index (χ0v) is 14.9. The number of nitrogens with one attached hydrogen (secondary N) is 1. The Hall–Kier alpha value is -3.15. The predicted molar refractivity (Wildman–Crippen MR) is 103 cm³/mol. The molecule has 26 heavy (non-hydrogen) atoms. The number of para-hydroxylation sites is 2. The fraction of sp³-hybridized carbons (Fsp3) is 0.250. The molecule has 0 aliphatic rings. The zero-order chi connectivity index (χ0) is 18.5. The highest BCUT2D eigenvalue weighted by Gasteiger charge is 2.12. The van der Waals surface area contributed by atoms with Gasteiger partial charge in [-0.25, -0.2) is 0 Å². The highest BCUT2D eigenvalue weighted by atomic mass is 16.2. The minimum absolute atomic E-state index is 0.0720. The Bertz CT molecular complexity index is 953. The second kappa shape index (κ2) is 7.82. The average molecular weight is 350 g/mol. The summed E-state index contributed by atoms with van der Waals surface area (Å²) < 4.78 is 1.55. The van der Waals surface area contributed by atoms with Crippen LogP contribution in [0.2, 0.25) is 0 Å². The van der Waals surface area contributed by atoms with E-state index in [0.29, 0.717) is 17.4 Å². The molecule has 0 saturated carbocycles. The number of rotatable bonds is 6. The summed E-state index contributed by atoms with van der Waals surface area (Å²) >= 11 is 0. The summed E-state index contributed by atoms with van der Waals surface area (Å²) in [6, 6.07) is 17.3. The number of amides is 1. The van der Waals surface area contributed by atoms with Gasteiger partial charge in [0.05, 0.1) is 11.7 Å². The van der Waals surface area contributed by atoms with E-state index in [2.05, 4.69) is 22.2 Å². The van der Waals surface area contributed by atoms with E-state index in [0.717, 1.165) is 5.69 Å². The first-order valence-corrected chi connectivity index (χ1v) is 8.55. The maximum absolute atomic E-state index is 12.3.